The van der Waals surface area contributed by atoms with Crippen LogP contribution in [0.1, 0.15) is 0 Å². The molecule has 0 unspecified atom stereocenters. The Hall–Kier alpha value is -1.06. The van der Waals surface area contributed by atoms with E-state index >= 15 is 0 Å². The number of carbonyl (C=O) groups is 2. The van der Waals surface area contributed by atoms with Gasteiger partial charge in [0.15, 0.2) is 0 Å². The number of rotatable bonds is 0. The Morgan fingerprint density at radius 2 is 1.08 bits per heavy atom. The molecule has 79 valence electrons. The second kappa shape index (κ2) is 16.5. The van der Waals surface area contributed by atoms with Crippen LogP contribution in [0, 0.1) is 0 Å². The average Bonchev–Trinajstić information content (AvgIpc) is 1.89. The summed E-state index contributed by atoms with van der Waals surface area (Å²) in [5.74, 6) is 8.64. The topological polar surface area (TPSA) is 182 Å². The molecule has 0 aliphatic carbocycles. The summed E-state index contributed by atoms with van der Waals surface area (Å²) in [5.41, 5.74) is 2.89. The number of nitrogens with one attached hydrogen (secondary N) is 2. The predicted molar refractivity (Wildman–Crippen MR) is 34.3 cm³/mol. The van der Waals surface area contributed by atoms with E-state index < -0.39 is 12.2 Å². The minimum Gasteiger partial charge on any atom is -0.464 e. The molecule has 10 N–H and O–H groups in total. The molecule has 2 amide bonds. The van der Waals surface area contributed by atoms with Gasteiger partial charge in [-0.05, 0) is 0 Å². The van der Waals surface area contributed by atoms with Gasteiger partial charge in [0, 0.05) is 17.1 Å². The summed E-state index contributed by atoms with van der Waals surface area (Å²) in [5, 5.41) is 15.0. The fourth-order valence-corrected chi connectivity index (χ4v) is 0. The molecular weight excluding hydrogens is 224 g/mol. The molecule has 0 aromatic carbocycles. The zero-order chi connectivity index (χ0) is 8.57. The van der Waals surface area contributed by atoms with Gasteiger partial charge in [0.25, 0.3) is 0 Å². The van der Waals surface area contributed by atoms with Crippen LogP contribution in [0.2, 0.25) is 0 Å². The molecule has 0 rings (SSSR count). The van der Waals surface area contributed by atoms with Crippen LogP contribution in [-0.4, -0.2) is 27.9 Å². The van der Waals surface area contributed by atoms with Crippen LogP contribution in [0.4, 0.5) is 9.59 Å². The molecule has 9 nitrogen and oxygen atoms in total. The summed E-state index contributed by atoms with van der Waals surface area (Å²) in [4.78, 5) is 18.3. The van der Waals surface area contributed by atoms with E-state index in [1.165, 1.54) is 10.9 Å². The SMILES string of the molecule is NNC(=O)O.NNC(=O)O.O.[Cu]. The molecule has 0 saturated carbocycles. The van der Waals surface area contributed by atoms with Gasteiger partial charge in [0.2, 0.25) is 0 Å². The first kappa shape index (κ1) is 22.4. The van der Waals surface area contributed by atoms with Crippen molar-refractivity contribution in [3.63, 3.8) is 0 Å². The molecule has 0 heterocycles. The van der Waals surface area contributed by atoms with Crippen LogP contribution in [0.25, 0.3) is 0 Å². The summed E-state index contributed by atoms with van der Waals surface area (Å²) in [6.45, 7) is 0. The van der Waals surface area contributed by atoms with Gasteiger partial charge < -0.3 is 15.7 Å². The second-order valence-corrected chi connectivity index (χ2v) is 0.899. The Morgan fingerprint density at radius 3 is 1.08 bits per heavy atom. The molecular formula is C2H10CuN4O5. The van der Waals surface area contributed by atoms with Crippen LogP contribution in [-0.2, 0) is 17.1 Å². The number of amides is 2. The monoisotopic (exact) mass is 233 g/mol. The van der Waals surface area contributed by atoms with Crippen LogP contribution in [0.5, 0.6) is 0 Å². The Kier molecular flexibility index (Phi) is 30.8. The van der Waals surface area contributed by atoms with Crippen LogP contribution < -0.4 is 22.5 Å². The number of hydrazine groups is 2. The van der Waals surface area contributed by atoms with Gasteiger partial charge in [-0.1, -0.05) is 0 Å². The maximum Gasteiger partial charge on any atom is 0.418 e. The zero-order valence-corrected chi connectivity index (χ0v) is 6.61. The van der Waals surface area contributed by atoms with Crippen molar-refractivity contribution in [2.75, 3.05) is 0 Å². The van der Waals surface area contributed by atoms with E-state index in [4.69, 9.17) is 19.8 Å². The quantitative estimate of drug-likeness (QED) is 0.116. The molecule has 0 aliphatic rings. The van der Waals surface area contributed by atoms with E-state index in [0.717, 1.165) is 0 Å². The van der Waals surface area contributed by atoms with Crippen molar-refractivity contribution in [3.8, 4) is 0 Å². The fraction of sp³-hybridized carbons (Fsp3) is 0. The van der Waals surface area contributed by atoms with Gasteiger partial charge in [-0.15, -0.1) is 0 Å². The van der Waals surface area contributed by atoms with Gasteiger partial charge >= 0.3 is 12.2 Å². The Morgan fingerprint density at radius 1 is 1.00 bits per heavy atom. The summed E-state index contributed by atoms with van der Waals surface area (Å²) in [6.07, 6.45) is -2.44. The molecule has 0 aromatic rings. The van der Waals surface area contributed by atoms with Crippen molar-refractivity contribution in [3.05, 3.63) is 0 Å². The van der Waals surface area contributed by atoms with E-state index in [9.17, 15) is 0 Å². The van der Waals surface area contributed by atoms with E-state index in [2.05, 4.69) is 11.7 Å². The van der Waals surface area contributed by atoms with Crippen molar-refractivity contribution in [1.29, 1.82) is 0 Å². The van der Waals surface area contributed by atoms with Gasteiger partial charge in [-0.2, -0.15) is 0 Å². The first-order valence-electron chi connectivity index (χ1n) is 1.93. The molecule has 12 heavy (non-hydrogen) atoms. The van der Waals surface area contributed by atoms with E-state index in [1.807, 2.05) is 0 Å². The Bertz CT molecular complexity index is 106. The third-order valence-electron chi connectivity index (χ3n) is 0.247. The number of carboxylic acid groups (broad SMARTS) is 2. The number of hydrogen-bond donors (Lipinski definition) is 6. The first-order valence-corrected chi connectivity index (χ1v) is 1.93. The smallest absolute Gasteiger partial charge is 0.418 e. The van der Waals surface area contributed by atoms with Crippen molar-refractivity contribution >= 4 is 12.2 Å². The van der Waals surface area contributed by atoms with Crippen molar-refractivity contribution < 1.29 is 42.3 Å². The normalized spacial score (nSPS) is 5.50. The predicted octanol–water partition coefficient (Wildman–Crippen LogP) is -2.57. The van der Waals surface area contributed by atoms with Crippen LogP contribution >= 0.6 is 0 Å². The standard InChI is InChI=1S/2CH4N2O2.Cu.H2O/c2*2-3-1(4)5;;/h2*3H,2H2,(H,4,5);;1H2. The fourth-order valence-electron chi connectivity index (χ4n) is 0. The summed E-state index contributed by atoms with van der Waals surface area (Å²) in [7, 11) is 0. The summed E-state index contributed by atoms with van der Waals surface area (Å²) >= 11 is 0. The van der Waals surface area contributed by atoms with Gasteiger partial charge in [0.1, 0.15) is 0 Å². The molecule has 0 spiro atoms. The van der Waals surface area contributed by atoms with Gasteiger partial charge in [-0.25, -0.2) is 21.3 Å². The first-order chi connectivity index (χ1) is 4.54. The van der Waals surface area contributed by atoms with Crippen molar-refractivity contribution in [1.82, 2.24) is 10.9 Å². The van der Waals surface area contributed by atoms with Gasteiger partial charge in [-0.3, -0.25) is 10.9 Å². The van der Waals surface area contributed by atoms with E-state index in [1.54, 1.807) is 0 Å². The number of hydrogen-bond acceptors (Lipinski definition) is 4. The van der Waals surface area contributed by atoms with Crippen LogP contribution in [0.15, 0.2) is 0 Å². The van der Waals surface area contributed by atoms with Crippen molar-refractivity contribution in [2.45, 2.75) is 0 Å². The zero-order valence-electron chi connectivity index (χ0n) is 5.67. The number of nitrogens with two attached hydrogens (primary N) is 2. The molecule has 0 aromatic heterocycles. The Balaban J connectivity index is -0.0000000457. The van der Waals surface area contributed by atoms with E-state index in [0.29, 0.717) is 0 Å². The van der Waals surface area contributed by atoms with Crippen LogP contribution in [0.3, 0.4) is 0 Å². The van der Waals surface area contributed by atoms with Gasteiger partial charge in [0.05, 0.1) is 0 Å². The third-order valence-corrected chi connectivity index (χ3v) is 0.247. The average molecular weight is 234 g/mol. The molecule has 0 bridgehead atoms. The van der Waals surface area contributed by atoms with E-state index in [-0.39, 0.29) is 22.5 Å². The molecule has 0 atom stereocenters. The molecule has 0 aliphatic heterocycles. The summed E-state index contributed by atoms with van der Waals surface area (Å²) < 4.78 is 0. The molecule has 1 radical (unpaired) electrons. The third kappa shape index (κ3) is 65.2. The van der Waals surface area contributed by atoms with Crippen molar-refractivity contribution in [2.24, 2.45) is 11.7 Å². The molecule has 0 saturated heterocycles. The minimum atomic E-state index is -1.22. The Labute approximate surface area is 77.8 Å². The molecule has 0 fully saturated rings. The summed E-state index contributed by atoms with van der Waals surface area (Å²) in [6, 6.07) is 0. The maximum atomic E-state index is 9.13. The largest absolute Gasteiger partial charge is 0.464 e. The minimum absolute atomic E-state index is 0. The maximum absolute atomic E-state index is 9.13. The second-order valence-electron chi connectivity index (χ2n) is 0.899. The molecule has 10 heteroatoms.